The van der Waals surface area contributed by atoms with Crippen molar-refractivity contribution in [3.8, 4) is 0 Å². The predicted octanol–water partition coefficient (Wildman–Crippen LogP) is 22.2. The minimum absolute atomic E-state index is 0.103. The molecule has 3 N–H and O–H groups in total. The quantitative estimate of drug-likeness (QED) is 0.0222. The van der Waals surface area contributed by atoms with Gasteiger partial charge in [-0.05, 0) is 43.4 Å². The second-order valence-corrected chi connectivity index (χ2v) is 31.5. The van der Waals surface area contributed by atoms with Gasteiger partial charge in [-0.1, -0.05) is 337 Å². The molecule has 564 valence electrons. The summed E-state index contributed by atoms with van der Waals surface area (Å²) < 4.78 is 68.4. The fraction of sp³-hybridized carbons (Fsp3) is 0.947. The van der Waals surface area contributed by atoms with Crippen molar-refractivity contribution in [3.05, 3.63) is 0 Å². The van der Waals surface area contributed by atoms with Crippen LogP contribution in [0.1, 0.15) is 389 Å². The van der Waals surface area contributed by atoms with Gasteiger partial charge in [0.25, 0.3) is 0 Å². The molecule has 0 spiro atoms. The molecular weight excluding hydrogens is 1250 g/mol. The van der Waals surface area contributed by atoms with Gasteiger partial charge in [0, 0.05) is 25.7 Å². The number of hydrogen-bond donors (Lipinski definition) is 3. The number of hydrogen-bond acceptors (Lipinski definition) is 15. The summed E-state index contributed by atoms with van der Waals surface area (Å²) in [6, 6.07) is 0. The van der Waals surface area contributed by atoms with Gasteiger partial charge in [0.15, 0.2) is 12.2 Å². The highest BCUT2D eigenvalue weighted by atomic mass is 31.2. The molecule has 0 rings (SSSR count). The maximum Gasteiger partial charge on any atom is 0.472 e. The third-order valence-electron chi connectivity index (χ3n) is 18.0. The predicted molar refractivity (Wildman–Crippen MR) is 386 cm³/mol. The second kappa shape index (κ2) is 66.6. The molecule has 0 saturated carbocycles. The van der Waals surface area contributed by atoms with Crippen molar-refractivity contribution < 1.29 is 80.2 Å². The Kier molecular flexibility index (Phi) is 65.2. The fourth-order valence-corrected chi connectivity index (χ4v) is 13.1. The van der Waals surface area contributed by atoms with E-state index in [1.165, 1.54) is 199 Å². The molecule has 0 fully saturated rings. The largest absolute Gasteiger partial charge is 0.472 e. The minimum Gasteiger partial charge on any atom is -0.462 e. The number of aliphatic hydroxyl groups excluding tert-OH is 1. The van der Waals surface area contributed by atoms with Crippen LogP contribution in [0.2, 0.25) is 0 Å². The molecule has 0 heterocycles. The van der Waals surface area contributed by atoms with Crippen LogP contribution in [-0.4, -0.2) is 96.7 Å². The van der Waals surface area contributed by atoms with Gasteiger partial charge in [0.05, 0.1) is 26.4 Å². The summed E-state index contributed by atoms with van der Waals surface area (Å²) in [5.74, 6) is 0.200. The molecule has 95 heavy (non-hydrogen) atoms. The first-order chi connectivity index (χ1) is 45.8. The Balaban J connectivity index is 5.19. The molecule has 0 aliphatic carbocycles. The summed E-state index contributed by atoms with van der Waals surface area (Å²) in [4.78, 5) is 72.7. The molecule has 19 heteroatoms. The number of aliphatic hydroxyl groups is 1. The Morgan fingerprint density at radius 2 is 0.537 bits per heavy atom. The average Bonchev–Trinajstić information content (AvgIpc) is 1.72. The van der Waals surface area contributed by atoms with E-state index in [2.05, 4.69) is 48.5 Å². The SMILES string of the molecule is CCCCCCCCCCCC(=O)OC[C@H](COP(=O)(O)OC[C@H](O)COP(=O)(O)OC[C@@H](COC(=O)CCCCCCCCCCCCCCC(C)C)OC(=O)CCCCCCCCCCCCCCCCCCCCC(C)C)OC(=O)CCCCCCCCC(C)CC. The van der Waals surface area contributed by atoms with Gasteiger partial charge in [-0.2, -0.15) is 0 Å². The summed E-state index contributed by atoms with van der Waals surface area (Å²) in [5, 5.41) is 10.6. The van der Waals surface area contributed by atoms with Crippen molar-refractivity contribution in [1.82, 2.24) is 0 Å². The van der Waals surface area contributed by atoms with Crippen LogP contribution in [0.5, 0.6) is 0 Å². The summed E-state index contributed by atoms with van der Waals surface area (Å²) in [5.41, 5.74) is 0. The standard InChI is InChI=1S/C76H148O17P2/c1-8-10-11-12-13-28-35-43-50-57-73(78)86-64-72(93-76(81)60-53-46-39-38-42-49-56-69(7)9-2)66-91-95(84,85)89-62-70(77)61-88-94(82,83)90-65-71(63-87-74(79)58-51-44-36-31-26-23-22-25-30-34-41-48-55-68(5)6)92-75(80)59-52-45-37-32-27-21-19-17-15-14-16-18-20-24-29-33-40-47-54-67(3)4/h67-72,77H,8-66H2,1-7H3,(H,82,83)(H,84,85)/t69?,70-,71-,72-/m1/s1. The minimum atomic E-state index is -4.96. The normalized spacial score (nSPS) is 14.4. The lowest BCUT2D eigenvalue weighted by atomic mass is 10.00. The molecule has 0 bridgehead atoms. The zero-order valence-corrected chi connectivity index (χ0v) is 63.9. The molecule has 0 saturated heterocycles. The lowest BCUT2D eigenvalue weighted by molar-refractivity contribution is -0.161. The van der Waals surface area contributed by atoms with Crippen molar-refractivity contribution in [2.75, 3.05) is 39.6 Å². The van der Waals surface area contributed by atoms with Crippen molar-refractivity contribution in [1.29, 1.82) is 0 Å². The molecule has 0 radical (unpaired) electrons. The molecule has 0 aliphatic rings. The molecule has 0 aromatic rings. The number of phosphoric acid groups is 2. The van der Waals surface area contributed by atoms with Crippen LogP contribution in [-0.2, 0) is 65.4 Å². The van der Waals surface area contributed by atoms with Crippen LogP contribution in [0.25, 0.3) is 0 Å². The summed E-state index contributed by atoms with van der Waals surface area (Å²) >= 11 is 0. The van der Waals surface area contributed by atoms with Crippen LogP contribution in [0, 0.1) is 17.8 Å². The van der Waals surface area contributed by atoms with Crippen molar-refractivity contribution in [2.45, 2.75) is 407 Å². The number of phosphoric ester groups is 2. The second-order valence-electron chi connectivity index (χ2n) is 28.6. The molecule has 3 unspecified atom stereocenters. The van der Waals surface area contributed by atoms with Crippen molar-refractivity contribution in [3.63, 3.8) is 0 Å². The third kappa shape index (κ3) is 69.0. The van der Waals surface area contributed by atoms with Gasteiger partial charge >= 0.3 is 39.5 Å². The van der Waals surface area contributed by atoms with Gasteiger partial charge in [-0.15, -0.1) is 0 Å². The van der Waals surface area contributed by atoms with E-state index in [0.717, 1.165) is 108 Å². The Morgan fingerprint density at radius 3 is 0.800 bits per heavy atom. The third-order valence-corrected chi connectivity index (χ3v) is 19.9. The number of ether oxygens (including phenoxy) is 4. The number of esters is 4. The average molecular weight is 1400 g/mol. The number of unbranched alkanes of at least 4 members (excludes halogenated alkanes) is 41. The zero-order chi connectivity index (χ0) is 70.1. The van der Waals surface area contributed by atoms with Crippen LogP contribution in [0.15, 0.2) is 0 Å². The first kappa shape index (κ1) is 93.1. The molecule has 0 aromatic carbocycles. The number of carbonyl (C=O) groups is 4. The number of rotatable bonds is 74. The number of carbonyl (C=O) groups excluding carboxylic acids is 4. The Morgan fingerprint density at radius 1 is 0.305 bits per heavy atom. The Labute approximate surface area is 581 Å². The lowest BCUT2D eigenvalue weighted by Crippen LogP contribution is -2.30. The molecule has 0 amide bonds. The van der Waals surface area contributed by atoms with Crippen molar-refractivity contribution in [2.24, 2.45) is 17.8 Å². The van der Waals surface area contributed by atoms with Crippen LogP contribution in [0.3, 0.4) is 0 Å². The maximum absolute atomic E-state index is 13.1. The molecule has 6 atom stereocenters. The molecule has 0 aliphatic heterocycles. The topological polar surface area (TPSA) is 237 Å². The van der Waals surface area contributed by atoms with Crippen LogP contribution < -0.4 is 0 Å². The molecular formula is C76H148O17P2. The van der Waals surface area contributed by atoms with E-state index in [1.807, 2.05) is 0 Å². The maximum atomic E-state index is 13.1. The van der Waals surface area contributed by atoms with E-state index in [4.69, 9.17) is 37.0 Å². The highest BCUT2D eigenvalue weighted by Crippen LogP contribution is 2.45. The van der Waals surface area contributed by atoms with E-state index in [9.17, 15) is 43.2 Å². The van der Waals surface area contributed by atoms with E-state index in [1.54, 1.807) is 0 Å². The van der Waals surface area contributed by atoms with Gasteiger partial charge in [-0.3, -0.25) is 37.3 Å². The van der Waals surface area contributed by atoms with E-state index < -0.39 is 97.5 Å². The Hall–Kier alpha value is -1.94. The van der Waals surface area contributed by atoms with Gasteiger partial charge in [0.2, 0.25) is 0 Å². The zero-order valence-electron chi connectivity index (χ0n) is 62.1. The van der Waals surface area contributed by atoms with E-state index in [0.29, 0.717) is 25.7 Å². The highest BCUT2D eigenvalue weighted by molar-refractivity contribution is 7.47. The first-order valence-electron chi connectivity index (χ1n) is 39.4. The van der Waals surface area contributed by atoms with Gasteiger partial charge in [0.1, 0.15) is 19.3 Å². The van der Waals surface area contributed by atoms with E-state index >= 15 is 0 Å². The van der Waals surface area contributed by atoms with Crippen LogP contribution >= 0.6 is 15.6 Å². The fourth-order valence-electron chi connectivity index (χ4n) is 11.6. The van der Waals surface area contributed by atoms with Gasteiger partial charge < -0.3 is 33.8 Å². The summed E-state index contributed by atoms with van der Waals surface area (Å²) in [6.07, 6.45) is 52.9. The molecule has 0 aromatic heterocycles. The summed E-state index contributed by atoms with van der Waals surface area (Å²) in [7, 11) is -9.91. The van der Waals surface area contributed by atoms with Gasteiger partial charge in [-0.25, -0.2) is 9.13 Å². The van der Waals surface area contributed by atoms with Crippen LogP contribution in [0.4, 0.5) is 0 Å². The summed E-state index contributed by atoms with van der Waals surface area (Å²) in [6.45, 7) is 11.9. The van der Waals surface area contributed by atoms with E-state index in [-0.39, 0.29) is 25.7 Å². The molecule has 17 nitrogen and oxygen atoms in total. The van der Waals surface area contributed by atoms with Crippen molar-refractivity contribution >= 4 is 39.5 Å². The highest BCUT2D eigenvalue weighted by Gasteiger charge is 2.30. The monoisotopic (exact) mass is 1400 g/mol. The Bertz CT molecular complexity index is 1850. The first-order valence-corrected chi connectivity index (χ1v) is 42.4. The smallest absolute Gasteiger partial charge is 0.462 e. The lowest BCUT2D eigenvalue weighted by Gasteiger charge is -2.21.